The van der Waals surface area contributed by atoms with E-state index in [1.807, 2.05) is 0 Å². The number of aliphatic hydroxyl groups is 1. The molecule has 1 aliphatic rings. The van der Waals surface area contributed by atoms with Gasteiger partial charge in [-0.25, -0.2) is 0 Å². The molecule has 0 heterocycles. The molecular weight excluding hydrogens is 312 g/mol. The van der Waals surface area contributed by atoms with Gasteiger partial charge in [-0.3, -0.25) is 0 Å². The van der Waals surface area contributed by atoms with Gasteiger partial charge in [-0.05, 0) is 46.4 Å². The molecule has 1 aromatic carbocycles. The van der Waals surface area contributed by atoms with E-state index in [1.54, 1.807) is 14.2 Å². The normalized spacial score (nSPS) is 23.2. The standard InChI is InChI=1S/C22H34O3/c1-14-16(13-23)9-15(12-22(14,5)6)20-18(24-7)10-17(21(2,3)4)11-19(20)25-8/h9-11,14-15,23H,12-13H2,1-8H3/t14-,15?/m1/s1. The molecule has 0 amide bonds. The van der Waals surface area contributed by atoms with E-state index < -0.39 is 0 Å². The Kier molecular flexibility index (Phi) is 5.58. The summed E-state index contributed by atoms with van der Waals surface area (Å²) in [4.78, 5) is 0. The van der Waals surface area contributed by atoms with Gasteiger partial charge in [0.25, 0.3) is 0 Å². The van der Waals surface area contributed by atoms with Gasteiger partial charge in [0.2, 0.25) is 0 Å². The molecule has 2 atom stereocenters. The highest BCUT2D eigenvalue weighted by Gasteiger charge is 2.37. The monoisotopic (exact) mass is 346 g/mol. The number of allylic oxidation sites excluding steroid dienone is 1. The molecule has 140 valence electrons. The Morgan fingerprint density at radius 1 is 1.12 bits per heavy atom. The zero-order chi connectivity index (χ0) is 19.0. The predicted molar refractivity (Wildman–Crippen MR) is 104 cm³/mol. The van der Waals surface area contributed by atoms with Crippen LogP contribution in [0.4, 0.5) is 0 Å². The fourth-order valence-electron chi connectivity index (χ4n) is 3.82. The van der Waals surface area contributed by atoms with Gasteiger partial charge in [0.1, 0.15) is 11.5 Å². The maximum absolute atomic E-state index is 9.83. The number of rotatable bonds is 4. The quantitative estimate of drug-likeness (QED) is 0.774. The number of ether oxygens (including phenoxy) is 2. The van der Waals surface area contributed by atoms with E-state index in [4.69, 9.17) is 9.47 Å². The van der Waals surface area contributed by atoms with Crippen molar-refractivity contribution in [3.05, 3.63) is 34.9 Å². The molecule has 0 saturated carbocycles. The van der Waals surface area contributed by atoms with Crippen molar-refractivity contribution in [1.29, 1.82) is 0 Å². The fraction of sp³-hybridized carbons (Fsp3) is 0.636. The van der Waals surface area contributed by atoms with Crippen molar-refractivity contribution >= 4 is 0 Å². The summed E-state index contributed by atoms with van der Waals surface area (Å²) in [7, 11) is 3.44. The Labute approximate surface area is 153 Å². The van der Waals surface area contributed by atoms with Crippen LogP contribution >= 0.6 is 0 Å². The van der Waals surface area contributed by atoms with Crippen LogP contribution in [-0.4, -0.2) is 25.9 Å². The SMILES string of the molecule is COc1cc(C(C)(C)C)cc(OC)c1C1C=C(CO)[C@@H](C)C(C)(C)C1. The molecular formula is C22H34O3. The van der Waals surface area contributed by atoms with Gasteiger partial charge in [0, 0.05) is 11.5 Å². The lowest BCUT2D eigenvalue weighted by Crippen LogP contribution is -2.31. The number of benzene rings is 1. The van der Waals surface area contributed by atoms with E-state index >= 15 is 0 Å². The average molecular weight is 347 g/mol. The van der Waals surface area contributed by atoms with Crippen molar-refractivity contribution in [3.8, 4) is 11.5 Å². The second kappa shape index (κ2) is 7.03. The molecule has 2 rings (SSSR count). The first kappa shape index (κ1) is 19.8. The molecule has 3 nitrogen and oxygen atoms in total. The summed E-state index contributed by atoms with van der Waals surface area (Å²) >= 11 is 0. The minimum Gasteiger partial charge on any atom is -0.496 e. The summed E-state index contributed by atoms with van der Waals surface area (Å²) in [5.74, 6) is 2.27. The Balaban J connectivity index is 2.63. The second-order valence-corrected chi connectivity index (χ2v) is 8.97. The van der Waals surface area contributed by atoms with Crippen molar-refractivity contribution in [3.63, 3.8) is 0 Å². The first-order valence-electron chi connectivity index (χ1n) is 9.13. The van der Waals surface area contributed by atoms with Crippen LogP contribution in [0.1, 0.15) is 65.0 Å². The van der Waals surface area contributed by atoms with Gasteiger partial charge in [-0.1, -0.05) is 47.6 Å². The zero-order valence-electron chi connectivity index (χ0n) is 17.1. The third-order valence-corrected chi connectivity index (χ3v) is 5.85. The van der Waals surface area contributed by atoms with Gasteiger partial charge in [0.05, 0.1) is 20.8 Å². The van der Waals surface area contributed by atoms with Gasteiger partial charge < -0.3 is 14.6 Å². The maximum Gasteiger partial charge on any atom is 0.126 e. The number of hydrogen-bond acceptors (Lipinski definition) is 3. The van der Waals surface area contributed by atoms with Crippen LogP contribution in [0.5, 0.6) is 11.5 Å². The molecule has 0 fully saturated rings. The Hall–Kier alpha value is -1.48. The van der Waals surface area contributed by atoms with Gasteiger partial charge in [-0.15, -0.1) is 0 Å². The van der Waals surface area contributed by atoms with Crippen molar-refractivity contribution in [2.45, 2.75) is 59.3 Å². The number of methoxy groups -OCH3 is 2. The van der Waals surface area contributed by atoms with E-state index in [1.165, 1.54) is 5.56 Å². The molecule has 0 spiro atoms. The predicted octanol–water partition coefficient (Wildman–Crippen LogP) is 5.07. The molecule has 0 radical (unpaired) electrons. The summed E-state index contributed by atoms with van der Waals surface area (Å²) in [5, 5.41) is 9.83. The molecule has 1 N–H and O–H groups in total. The molecule has 1 aromatic rings. The molecule has 0 bridgehead atoms. The lowest BCUT2D eigenvalue weighted by atomic mass is 9.64. The highest BCUT2D eigenvalue weighted by Crippen LogP contribution is 2.50. The molecule has 0 aromatic heterocycles. The lowest BCUT2D eigenvalue weighted by molar-refractivity contribution is 0.190. The molecule has 1 unspecified atom stereocenters. The van der Waals surface area contributed by atoms with Crippen LogP contribution in [0, 0.1) is 11.3 Å². The molecule has 25 heavy (non-hydrogen) atoms. The van der Waals surface area contributed by atoms with Crippen LogP contribution in [0.15, 0.2) is 23.8 Å². The Morgan fingerprint density at radius 3 is 2.04 bits per heavy atom. The highest BCUT2D eigenvalue weighted by atomic mass is 16.5. The average Bonchev–Trinajstić information content (AvgIpc) is 2.54. The first-order valence-corrected chi connectivity index (χ1v) is 9.13. The van der Waals surface area contributed by atoms with Gasteiger partial charge >= 0.3 is 0 Å². The smallest absolute Gasteiger partial charge is 0.126 e. The van der Waals surface area contributed by atoms with Crippen molar-refractivity contribution in [2.24, 2.45) is 11.3 Å². The summed E-state index contributed by atoms with van der Waals surface area (Å²) in [6, 6.07) is 4.27. The molecule has 0 aliphatic heterocycles. The van der Waals surface area contributed by atoms with E-state index in [0.717, 1.165) is 29.1 Å². The minimum absolute atomic E-state index is 0.0194. The second-order valence-electron chi connectivity index (χ2n) is 8.97. The van der Waals surface area contributed by atoms with Crippen molar-refractivity contribution in [1.82, 2.24) is 0 Å². The topological polar surface area (TPSA) is 38.7 Å². The highest BCUT2D eigenvalue weighted by molar-refractivity contribution is 5.53. The third-order valence-electron chi connectivity index (χ3n) is 5.85. The van der Waals surface area contributed by atoms with Crippen LogP contribution in [0.25, 0.3) is 0 Å². The van der Waals surface area contributed by atoms with Gasteiger partial charge in [-0.2, -0.15) is 0 Å². The van der Waals surface area contributed by atoms with Crippen molar-refractivity contribution < 1.29 is 14.6 Å². The summed E-state index contributed by atoms with van der Waals surface area (Å²) in [5.41, 5.74) is 3.51. The first-order chi connectivity index (χ1) is 11.5. The van der Waals surface area contributed by atoms with E-state index in [-0.39, 0.29) is 23.4 Å². The summed E-state index contributed by atoms with van der Waals surface area (Å²) in [6.07, 6.45) is 3.21. The fourth-order valence-corrected chi connectivity index (χ4v) is 3.82. The lowest BCUT2D eigenvalue weighted by Gasteiger charge is -2.41. The minimum atomic E-state index is 0.0194. The molecule has 3 heteroatoms. The largest absolute Gasteiger partial charge is 0.496 e. The van der Waals surface area contributed by atoms with Crippen LogP contribution < -0.4 is 9.47 Å². The summed E-state index contributed by atoms with van der Waals surface area (Å²) in [6.45, 7) is 13.4. The van der Waals surface area contributed by atoms with Gasteiger partial charge in [0.15, 0.2) is 0 Å². The van der Waals surface area contributed by atoms with E-state index in [0.29, 0.717) is 5.92 Å². The van der Waals surface area contributed by atoms with Crippen LogP contribution in [0.2, 0.25) is 0 Å². The molecule has 1 aliphatic carbocycles. The van der Waals surface area contributed by atoms with E-state index in [2.05, 4.69) is 59.8 Å². The van der Waals surface area contributed by atoms with Crippen LogP contribution in [-0.2, 0) is 5.41 Å². The maximum atomic E-state index is 9.83. The van der Waals surface area contributed by atoms with Crippen molar-refractivity contribution in [2.75, 3.05) is 20.8 Å². The van der Waals surface area contributed by atoms with Crippen LogP contribution in [0.3, 0.4) is 0 Å². The summed E-state index contributed by atoms with van der Waals surface area (Å²) < 4.78 is 11.5. The zero-order valence-corrected chi connectivity index (χ0v) is 17.1. The van der Waals surface area contributed by atoms with E-state index in [9.17, 15) is 5.11 Å². The number of aliphatic hydroxyl groups excluding tert-OH is 1. The Bertz CT molecular complexity index is 625. The Morgan fingerprint density at radius 2 is 1.64 bits per heavy atom. The third kappa shape index (κ3) is 3.87. The molecule has 0 saturated heterocycles. The number of hydrogen-bond donors (Lipinski definition) is 1.